The Morgan fingerprint density at radius 1 is 0.941 bits per heavy atom. The van der Waals surface area contributed by atoms with Gasteiger partial charge in [0.25, 0.3) is 5.91 Å². The van der Waals surface area contributed by atoms with E-state index in [1.54, 1.807) is 0 Å². The quantitative estimate of drug-likeness (QED) is 0.237. The molecule has 0 aromatic heterocycles. The second-order valence-corrected chi connectivity index (χ2v) is 9.56. The highest BCUT2D eigenvalue weighted by Crippen LogP contribution is 2.34. The maximum Gasteiger partial charge on any atom is 0.315 e. The number of hydrogen-bond donors (Lipinski definition) is 4. The van der Waals surface area contributed by atoms with Crippen LogP contribution >= 0.6 is 0 Å². The molecule has 1 heterocycles. The topological polar surface area (TPSA) is 168 Å². The van der Waals surface area contributed by atoms with Gasteiger partial charge in [-0.1, -0.05) is 32.1 Å². The van der Waals surface area contributed by atoms with Crippen molar-refractivity contribution in [2.75, 3.05) is 13.1 Å². The SMILES string of the molecule is NC(=O)C(=O)C(CC1CC1)NC(=O)[C@@H]1CCCN1C(=O)C(NC(=O)NCC=O)C1CCCCC1. The molecule has 3 fully saturated rings. The fourth-order valence-electron chi connectivity index (χ4n) is 5.02. The molecule has 0 aromatic rings. The van der Waals surface area contributed by atoms with Crippen LogP contribution in [0.4, 0.5) is 4.79 Å². The molecule has 11 heteroatoms. The average Bonchev–Trinajstić information content (AvgIpc) is 3.51. The summed E-state index contributed by atoms with van der Waals surface area (Å²) in [5.74, 6) is -2.53. The molecule has 188 valence electrons. The van der Waals surface area contributed by atoms with Crippen LogP contribution < -0.4 is 21.7 Å². The lowest BCUT2D eigenvalue weighted by Gasteiger charge is -2.34. The Hall–Kier alpha value is -2.98. The maximum absolute atomic E-state index is 13.6. The Morgan fingerprint density at radius 2 is 1.65 bits per heavy atom. The Kier molecular flexibility index (Phi) is 9.00. The van der Waals surface area contributed by atoms with Crippen LogP contribution in [0.1, 0.15) is 64.2 Å². The van der Waals surface area contributed by atoms with Crippen LogP contribution in [-0.4, -0.2) is 71.9 Å². The van der Waals surface area contributed by atoms with E-state index in [0.717, 1.165) is 44.9 Å². The first-order valence-electron chi connectivity index (χ1n) is 12.2. The number of primary amides is 1. The number of ketones is 1. The summed E-state index contributed by atoms with van der Waals surface area (Å²) in [6, 6.07) is -3.19. The molecule has 2 saturated carbocycles. The molecule has 11 nitrogen and oxygen atoms in total. The smallest absolute Gasteiger partial charge is 0.315 e. The van der Waals surface area contributed by atoms with Gasteiger partial charge in [0.15, 0.2) is 0 Å². The highest BCUT2D eigenvalue weighted by molar-refractivity contribution is 6.37. The third-order valence-corrected chi connectivity index (χ3v) is 7.00. The maximum atomic E-state index is 13.6. The number of urea groups is 1. The number of nitrogens with zero attached hydrogens (tertiary/aromatic N) is 1. The number of amides is 5. The molecule has 0 aromatic carbocycles. The summed E-state index contributed by atoms with van der Waals surface area (Å²) >= 11 is 0. The van der Waals surface area contributed by atoms with E-state index in [0.29, 0.717) is 32.1 Å². The second kappa shape index (κ2) is 11.9. The lowest BCUT2D eigenvalue weighted by molar-refractivity contribution is -0.143. The summed E-state index contributed by atoms with van der Waals surface area (Å²) in [5.41, 5.74) is 5.17. The zero-order valence-electron chi connectivity index (χ0n) is 19.4. The number of aldehydes is 1. The van der Waals surface area contributed by atoms with Crippen molar-refractivity contribution in [1.29, 1.82) is 0 Å². The predicted molar refractivity (Wildman–Crippen MR) is 121 cm³/mol. The molecule has 3 atom stereocenters. The molecule has 2 unspecified atom stereocenters. The van der Waals surface area contributed by atoms with Crippen molar-refractivity contribution in [3.05, 3.63) is 0 Å². The van der Waals surface area contributed by atoms with Crippen LogP contribution in [0.2, 0.25) is 0 Å². The van der Waals surface area contributed by atoms with Crippen molar-refractivity contribution in [3.8, 4) is 0 Å². The van der Waals surface area contributed by atoms with Gasteiger partial charge in [-0.05, 0) is 43.9 Å². The summed E-state index contributed by atoms with van der Waals surface area (Å²) in [6.07, 6.45) is 8.36. The third kappa shape index (κ3) is 6.77. The van der Waals surface area contributed by atoms with E-state index in [-0.39, 0.29) is 24.3 Å². The van der Waals surface area contributed by atoms with E-state index in [1.165, 1.54) is 4.90 Å². The molecule has 34 heavy (non-hydrogen) atoms. The van der Waals surface area contributed by atoms with Crippen LogP contribution in [0.25, 0.3) is 0 Å². The highest BCUT2D eigenvalue weighted by atomic mass is 16.2. The summed E-state index contributed by atoms with van der Waals surface area (Å²) in [6.45, 7) is 0.192. The van der Waals surface area contributed by atoms with Crippen molar-refractivity contribution in [2.45, 2.75) is 82.3 Å². The zero-order chi connectivity index (χ0) is 24.7. The van der Waals surface area contributed by atoms with Crippen LogP contribution in [0.3, 0.4) is 0 Å². The van der Waals surface area contributed by atoms with Crippen LogP contribution in [0, 0.1) is 11.8 Å². The van der Waals surface area contributed by atoms with E-state index >= 15 is 0 Å². The molecule has 5 amide bonds. The van der Waals surface area contributed by atoms with Crippen molar-refractivity contribution >= 4 is 35.8 Å². The van der Waals surface area contributed by atoms with Gasteiger partial charge >= 0.3 is 6.03 Å². The Bertz CT molecular complexity index is 808. The molecule has 0 spiro atoms. The number of carbonyl (C=O) groups is 6. The van der Waals surface area contributed by atoms with E-state index in [2.05, 4.69) is 16.0 Å². The van der Waals surface area contributed by atoms with Gasteiger partial charge in [0.05, 0.1) is 12.6 Å². The number of rotatable bonds is 11. The number of Topliss-reactive ketones (excluding diaryl/α,β-unsaturated/α-hetero) is 1. The van der Waals surface area contributed by atoms with E-state index in [1.807, 2.05) is 0 Å². The van der Waals surface area contributed by atoms with Gasteiger partial charge in [0.1, 0.15) is 18.4 Å². The summed E-state index contributed by atoms with van der Waals surface area (Å²) in [4.78, 5) is 74.7. The van der Waals surface area contributed by atoms with E-state index < -0.39 is 41.8 Å². The number of nitrogens with two attached hydrogens (primary N) is 1. The molecule has 3 aliphatic rings. The van der Waals surface area contributed by atoms with Crippen molar-refractivity contribution < 1.29 is 28.8 Å². The minimum atomic E-state index is -1.09. The van der Waals surface area contributed by atoms with Crippen molar-refractivity contribution in [3.63, 3.8) is 0 Å². The molecule has 3 rings (SSSR count). The minimum Gasteiger partial charge on any atom is -0.363 e. The summed E-state index contributed by atoms with van der Waals surface area (Å²) in [5, 5.41) is 7.79. The lowest BCUT2D eigenvalue weighted by atomic mass is 9.83. The van der Waals surface area contributed by atoms with Gasteiger partial charge in [0, 0.05) is 6.54 Å². The normalized spacial score (nSPS) is 22.4. The average molecular weight is 478 g/mol. The van der Waals surface area contributed by atoms with Gasteiger partial charge in [-0.15, -0.1) is 0 Å². The number of carbonyl (C=O) groups excluding carboxylic acids is 6. The summed E-state index contributed by atoms with van der Waals surface area (Å²) in [7, 11) is 0. The minimum absolute atomic E-state index is 0.0633. The fraction of sp³-hybridized carbons (Fsp3) is 0.739. The molecule has 2 aliphatic carbocycles. The Labute approximate surface area is 198 Å². The second-order valence-electron chi connectivity index (χ2n) is 9.56. The first kappa shape index (κ1) is 25.6. The van der Waals surface area contributed by atoms with Crippen molar-refractivity contribution in [2.24, 2.45) is 17.6 Å². The van der Waals surface area contributed by atoms with Crippen molar-refractivity contribution in [1.82, 2.24) is 20.9 Å². The fourth-order valence-corrected chi connectivity index (χ4v) is 5.02. The monoisotopic (exact) mass is 477 g/mol. The number of likely N-dealkylation sites (tertiary alicyclic amines) is 1. The van der Waals surface area contributed by atoms with Gasteiger partial charge in [-0.25, -0.2) is 4.79 Å². The standard InChI is InChI=1S/C23H35N5O6/c24-20(31)19(30)16(13-14-8-9-14)26-21(32)17-7-4-11-28(17)22(33)18(15-5-2-1-3-6-15)27-23(34)25-10-12-29/h12,14-18H,1-11,13H2,(H2,24,31)(H,26,32)(H2,25,27,34)/t16?,17-,18?/m0/s1. The van der Waals surface area contributed by atoms with Gasteiger partial charge in [-0.2, -0.15) is 0 Å². The largest absolute Gasteiger partial charge is 0.363 e. The summed E-state index contributed by atoms with van der Waals surface area (Å²) < 4.78 is 0. The van der Waals surface area contributed by atoms with Crippen LogP contribution in [0.15, 0.2) is 0 Å². The van der Waals surface area contributed by atoms with Gasteiger partial charge in [0.2, 0.25) is 17.6 Å². The van der Waals surface area contributed by atoms with E-state index in [4.69, 9.17) is 5.73 Å². The number of hydrogen-bond acceptors (Lipinski definition) is 6. The van der Waals surface area contributed by atoms with Crippen LogP contribution in [0.5, 0.6) is 0 Å². The van der Waals surface area contributed by atoms with Gasteiger partial charge < -0.3 is 31.4 Å². The molecule has 0 bridgehead atoms. The first-order valence-corrected chi connectivity index (χ1v) is 12.2. The first-order chi connectivity index (χ1) is 16.3. The van der Waals surface area contributed by atoms with Gasteiger partial charge in [-0.3, -0.25) is 19.2 Å². The molecular weight excluding hydrogens is 442 g/mol. The van der Waals surface area contributed by atoms with Crippen LogP contribution in [-0.2, 0) is 24.0 Å². The molecule has 1 saturated heterocycles. The third-order valence-electron chi connectivity index (χ3n) is 7.00. The predicted octanol–water partition coefficient (Wildman–Crippen LogP) is -0.236. The zero-order valence-corrected chi connectivity index (χ0v) is 19.4. The molecule has 5 N–H and O–H groups in total. The highest BCUT2D eigenvalue weighted by Gasteiger charge is 2.42. The van der Waals surface area contributed by atoms with E-state index in [9.17, 15) is 28.8 Å². The molecule has 1 aliphatic heterocycles. The Balaban J connectivity index is 1.71. The lowest BCUT2D eigenvalue weighted by Crippen LogP contribution is -2.58. The Morgan fingerprint density at radius 3 is 2.26 bits per heavy atom. The molecule has 0 radical (unpaired) electrons. The number of nitrogens with one attached hydrogen (secondary N) is 3. The molecular formula is C23H35N5O6.